The minimum Gasteiger partial charge on any atom is -0.512 e. The Balaban J connectivity index is 0.000000269. The Morgan fingerprint density at radius 1 is 0.830 bits per heavy atom. The topological polar surface area (TPSA) is 68.0 Å². The molecular weight excluding hydrogens is 759 g/mol. The Kier molecular flexibility index (Phi) is 12.1. The van der Waals surface area contributed by atoms with E-state index in [1.807, 2.05) is 27.7 Å². The third-order valence-electron chi connectivity index (χ3n) is 9.25. The van der Waals surface area contributed by atoms with Gasteiger partial charge in [-0.05, 0) is 48.6 Å². The Morgan fingerprint density at radius 3 is 1.96 bits per heavy atom. The van der Waals surface area contributed by atoms with E-state index in [1.165, 1.54) is 38.5 Å². The first-order chi connectivity index (χ1) is 22.2. The predicted molar refractivity (Wildman–Crippen MR) is 193 cm³/mol. The maximum atomic E-state index is 11.7. The van der Waals surface area contributed by atoms with Gasteiger partial charge >= 0.3 is 0 Å². The van der Waals surface area contributed by atoms with E-state index in [1.54, 1.807) is 0 Å². The minimum atomic E-state index is 0. The second kappa shape index (κ2) is 15.8. The second-order valence-corrected chi connectivity index (χ2v) is 12.5. The number of aliphatic hydroxyl groups excluding tert-OH is 1. The van der Waals surface area contributed by atoms with Crippen LogP contribution in [-0.2, 0) is 31.9 Å². The van der Waals surface area contributed by atoms with Crippen LogP contribution in [0.4, 0.5) is 0 Å². The molecule has 0 aliphatic carbocycles. The van der Waals surface area contributed by atoms with Crippen molar-refractivity contribution in [3.63, 3.8) is 0 Å². The quantitative estimate of drug-likeness (QED) is 0.0898. The van der Waals surface area contributed by atoms with E-state index in [2.05, 4.69) is 104 Å². The first-order valence-electron chi connectivity index (χ1n) is 16.7. The zero-order chi connectivity index (χ0) is 33.0. The molecule has 2 heterocycles. The number of hydrogen-bond donors (Lipinski definition) is 1. The van der Waals surface area contributed by atoms with E-state index in [0.29, 0.717) is 0 Å². The van der Waals surface area contributed by atoms with Gasteiger partial charge in [-0.15, -0.1) is 29.1 Å². The first kappa shape index (κ1) is 36.0. The van der Waals surface area contributed by atoms with E-state index in [4.69, 9.17) is 9.97 Å². The number of allylic oxidation sites excluding steroid dienone is 2. The molecule has 5 nitrogen and oxygen atoms in total. The number of fused-ring (bicyclic) bond motifs is 5. The molecule has 2 aromatic heterocycles. The van der Waals surface area contributed by atoms with Crippen LogP contribution in [0.3, 0.4) is 0 Å². The molecule has 0 bridgehead atoms. The van der Waals surface area contributed by atoms with Crippen LogP contribution in [0.2, 0.25) is 0 Å². The summed E-state index contributed by atoms with van der Waals surface area (Å²) < 4.78 is 2.24. The number of aryl methyl sites for hydroxylation is 1. The standard InChI is InChI=1S/C28H22N3.C13H24O2.Ir/c1-17(2)28-29-25(22-13-12-18-8-4-5-9-19(18)14-22)27-26(30-28)23-15-20-10-6-7-11-21(20)16-24(23)31(27)3;1-5-10(6-2)12(14)9-13(15)11(7-3)8-4;/h4-12,14-17H,1-3H3;9-11,14H,5-8H2,1-4H3;/q-1;;/b;12-9-;. The van der Waals surface area contributed by atoms with E-state index in [0.717, 1.165) is 53.8 Å². The van der Waals surface area contributed by atoms with Gasteiger partial charge in [0, 0.05) is 62.1 Å². The van der Waals surface area contributed by atoms with Crippen molar-refractivity contribution in [1.29, 1.82) is 0 Å². The minimum absolute atomic E-state index is 0. The molecular formula is C41H46IrN3O2-. The van der Waals surface area contributed by atoms with Crippen LogP contribution in [-0.4, -0.2) is 25.4 Å². The third kappa shape index (κ3) is 7.50. The van der Waals surface area contributed by atoms with Gasteiger partial charge in [-0.3, -0.25) is 9.78 Å². The first-order valence-corrected chi connectivity index (χ1v) is 16.7. The number of benzene rings is 4. The smallest absolute Gasteiger partial charge is 0.162 e. The fraction of sp³-hybridized carbons (Fsp3) is 0.341. The largest absolute Gasteiger partial charge is 0.512 e. The molecule has 0 saturated carbocycles. The molecule has 4 aromatic carbocycles. The van der Waals surface area contributed by atoms with Gasteiger partial charge in [-0.2, -0.15) is 0 Å². The molecule has 0 atom stereocenters. The van der Waals surface area contributed by atoms with Gasteiger partial charge in [0.2, 0.25) is 0 Å². The van der Waals surface area contributed by atoms with Crippen LogP contribution in [0, 0.1) is 17.9 Å². The van der Waals surface area contributed by atoms with Crippen molar-refractivity contribution in [3.05, 3.63) is 96.5 Å². The van der Waals surface area contributed by atoms with Crippen molar-refractivity contribution >= 4 is 49.3 Å². The Labute approximate surface area is 292 Å². The van der Waals surface area contributed by atoms with Gasteiger partial charge < -0.3 is 9.67 Å². The van der Waals surface area contributed by atoms with Crippen molar-refractivity contribution in [1.82, 2.24) is 14.5 Å². The summed E-state index contributed by atoms with van der Waals surface area (Å²) in [6, 6.07) is 29.1. The van der Waals surface area contributed by atoms with Crippen LogP contribution >= 0.6 is 0 Å². The molecule has 6 heteroatoms. The number of nitrogens with zero attached hydrogens (tertiary/aromatic N) is 3. The van der Waals surface area contributed by atoms with E-state index in [9.17, 15) is 9.90 Å². The molecule has 0 saturated heterocycles. The number of aromatic nitrogens is 3. The molecule has 0 fully saturated rings. The molecule has 0 spiro atoms. The number of rotatable bonds is 9. The average Bonchev–Trinajstić information content (AvgIpc) is 3.34. The van der Waals surface area contributed by atoms with Crippen LogP contribution in [0.1, 0.15) is 79.0 Å². The Bertz CT molecular complexity index is 2030. The number of ketones is 1. The van der Waals surface area contributed by atoms with Crippen LogP contribution < -0.4 is 0 Å². The fourth-order valence-electron chi connectivity index (χ4n) is 6.28. The number of carbonyl (C=O) groups is 1. The maximum Gasteiger partial charge on any atom is 0.162 e. The summed E-state index contributed by atoms with van der Waals surface area (Å²) in [6.07, 6.45) is 4.91. The molecule has 0 amide bonds. The van der Waals surface area contributed by atoms with Crippen LogP contribution in [0.5, 0.6) is 0 Å². The monoisotopic (exact) mass is 805 g/mol. The molecule has 0 aliphatic rings. The van der Waals surface area contributed by atoms with Crippen molar-refractivity contribution in [2.75, 3.05) is 0 Å². The third-order valence-corrected chi connectivity index (χ3v) is 9.25. The number of hydrogen-bond acceptors (Lipinski definition) is 4. The fourth-order valence-corrected chi connectivity index (χ4v) is 6.28. The maximum absolute atomic E-state index is 11.7. The van der Waals surface area contributed by atoms with Gasteiger partial charge in [-0.25, -0.2) is 4.98 Å². The summed E-state index contributed by atoms with van der Waals surface area (Å²) in [7, 11) is 2.11. The summed E-state index contributed by atoms with van der Waals surface area (Å²) in [5.74, 6) is 1.65. The van der Waals surface area contributed by atoms with E-state index in [-0.39, 0.29) is 49.4 Å². The van der Waals surface area contributed by atoms with Gasteiger partial charge in [0.15, 0.2) is 5.78 Å². The van der Waals surface area contributed by atoms with Crippen molar-refractivity contribution in [3.8, 4) is 11.3 Å². The summed E-state index contributed by atoms with van der Waals surface area (Å²) in [5, 5.41) is 15.8. The van der Waals surface area contributed by atoms with Crippen molar-refractivity contribution in [2.45, 2.75) is 73.1 Å². The SMILES string of the molecule is CC(C)c1nc(-c2[c-]cc3ccccc3c2)c2c(n1)c1cc3ccccc3cc1n2C.CCC(CC)C(=O)/C=C(\O)C(CC)CC.[Ir]. The molecule has 47 heavy (non-hydrogen) atoms. The Hall–Kier alpha value is -3.86. The predicted octanol–water partition coefficient (Wildman–Crippen LogP) is 10.9. The molecule has 247 valence electrons. The van der Waals surface area contributed by atoms with Crippen LogP contribution in [0.25, 0.3) is 54.7 Å². The molecule has 0 unspecified atom stereocenters. The van der Waals surface area contributed by atoms with E-state index >= 15 is 0 Å². The van der Waals surface area contributed by atoms with Crippen molar-refractivity contribution in [2.24, 2.45) is 18.9 Å². The van der Waals surface area contributed by atoms with Crippen LogP contribution in [0.15, 0.2) is 84.6 Å². The molecule has 1 radical (unpaired) electrons. The number of aliphatic hydroxyl groups is 1. The van der Waals surface area contributed by atoms with Gasteiger partial charge in [0.1, 0.15) is 5.82 Å². The zero-order valence-electron chi connectivity index (χ0n) is 28.6. The summed E-state index contributed by atoms with van der Waals surface area (Å²) in [4.78, 5) is 21.8. The van der Waals surface area contributed by atoms with Gasteiger partial charge in [0.25, 0.3) is 0 Å². The van der Waals surface area contributed by atoms with Gasteiger partial charge in [-0.1, -0.05) is 95.5 Å². The normalized spacial score (nSPS) is 11.9. The Morgan fingerprint density at radius 2 is 1.38 bits per heavy atom. The van der Waals surface area contributed by atoms with E-state index < -0.39 is 0 Å². The average molecular weight is 805 g/mol. The summed E-state index contributed by atoms with van der Waals surface area (Å²) >= 11 is 0. The molecule has 6 rings (SSSR count). The molecule has 1 N–H and O–H groups in total. The summed E-state index contributed by atoms with van der Waals surface area (Å²) in [6.45, 7) is 12.4. The van der Waals surface area contributed by atoms with Gasteiger partial charge in [0.05, 0.1) is 22.3 Å². The summed E-state index contributed by atoms with van der Waals surface area (Å²) in [5.41, 5.74) is 5.19. The number of carbonyl (C=O) groups excluding carboxylic acids is 1. The van der Waals surface area contributed by atoms with Crippen molar-refractivity contribution < 1.29 is 30.0 Å². The second-order valence-electron chi connectivity index (χ2n) is 12.5. The zero-order valence-corrected chi connectivity index (χ0v) is 31.0. The molecule has 6 aromatic rings. The molecule has 0 aliphatic heterocycles.